The Balaban J connectivity index is 1.37. The van der Waals surface area contributed by atoms with Crippen molar-refractivity contribution in [3.8, 4) is 5.82 Å². The summed E-state index contributed by atoms with van der Waals surface area (Å²) in [4.78, 5) is 21.5. The number of aryl methyl sites for hydroxylation is 3. The minimum absolute atomic E-state index is 0.0359. The van der Waals surface area contributed by atoms with Gasteiger partial charge < -0.3 is 10.2 Å². The van der Waals surface area contributed by atoms with Crippen LogP contribution in [0.25, 0.3) is 5.82 Å². The number of hydrogen-bond acceptors (Lipinski definition) is 5. The van der Waals surface area contributed by atoms with Crippen LogP contribution in [0.3, 0.4) is 0 Å². The third-order valence-electron chi connectivity index (χ3n) is 5.68. The molecule has 1 aromatic carbocycles. The molecule has 0 bridgehead atoms. The summed E-state index contributed by atoms with van der Waals surface area (Å²) in [5.74, 6) is 0.866. The van der Waals surface area contributed by atoms with E-state index < -0.39 is 0 Å². The van der Waals surface area contributed by atoms with Gasteiger partial charge in [0.25, 0.3) is 0 Å². The third-order valence-corrected chi connectivity index (χ3v) is 5.68. The van der Waals surface area contributed by atoms with E-state index in [0.29, 0.717) is 6.54 Å². The highest BCUT2D eigenvalue weighted by Gasteiger charge is 2.24. The van der Waals surface area contributed by atoms with Gasteiger partial charge in [-0.3, -0.25) is 9.69 Å². The predicted octanol–water partition coefficient (Wildman–Crippen LogP) is 3.26. The van der Waals surface area contributed by atoms with Crippen LogP contribution in [-0.2, 0) is 4.79 Å². The van der Waals surface area contributed by atoms with Crippen LogP contribution in [0.15, 0.2) is 42.6 Å². The number of nitrogens with zero attached hydrogens (tertiary/aromatic N) is 5. The lowest BCUT2D eigenvalue weighted by Gasteiger charge is -2.35. The molecule has 0 spiro atoms. The first-order chi connectivity index (χ1) is 14.9. The number of carbonyl (C=O) groups is 1. The zero-order valence-corrected chi connectivity index (χ0v) is 18.7. The minimum Gasteiger partial charge on any atom is -0.366 e. The first-order valence-corrected chi connectivity index (χ1v) is 10.7. The lowest BCUT2D eigenvalue weighted by atomic mass is 10.1. The summed E-state index contributed by atoms with van der Waals surface area (Å²) >= 11 is 0. The number of benzene rings is 1. The van der Waals surface area contributed by atoms with Crippen molar-refractivity contribution in [2.75, 3.05) is 42.9 Å². The van der Waals surface area contributed by atoms with Crippen molar-refractivity contribution in [2.45, 2.75) is 27.7 Å². The maximum absolute atomic E-state index is 12.5. The maximum Gasteiger partial charge on any atom is 0.238 e. The van der Waals surface area contributed by atoms with Crippen LogP contribution in [-0.4, -0.2) is 58.3 Å². The molecule has 3 heterocycles. The van der Waals surface area contributed by atoms with Gasteiger partial charge in [-0.1, -0.05) is 12.1 Å². The monoisotopic (exact) mass is 418 g/mol. The van der Waals surface area contributed by atoms with Crippen molar-refractivity contribution in [1.29, 1.82) is 0 Å². The summed E-state index contributed by atoms with van der Waals surface area (Å²) in [6.45, 7) is 12.1. The molecule has 1 aliphatic heterocycles. The molecule has 1 fully saturated rings. The molecule has 1 N–H and O–H groups in total. The molecule has 162 valence electrons. The molecule has 1 amide bonds. The van der Waals surface area contributed by atoms with Crippen LogP contribution >= 0.6 is 0 Å². The molecule has 1 saturated heterocycles. The van der Waals surface area contributed by atoms with E-state index >= 15 is 0 Å². The summed E-state index contributed by atoms with van der Waals surface area (Å²) in [5.41, 5.74) is 6.45. The lowest BCUT2D eigenvalue weighted by molar-refractivity contribution is -0.117. The first kappa shape index (κ1) is 21.1. The number of hydrogen-bond donors (Lipinski definition) is 1. The number of aromatic nitrogens is 3. The van der Waals surface area contributed by atoms with E-state index in [0.717, 1.165) is 60.2 Å². The number of rotatable bonds is 5. The number of anilines is 2. The first-order valence-electron chi connectivity index (χ1n) is 10.7. The quantitative estimate of drug-likeness (QED) is 0.689. The Morgan fingerprint density at radius 2 is 1.71 bits per heavy atom. The molecule has 1 aliphatic rings. The van der Waals surface area contributed by atoms with Crippen LogP contribution in [0.5, 0.6) is 0 Å². The second-order valence-electron chi connectivity index (χ2n) is 8.31. The van der Waals surface area contributed by atoms with Crippen molar-refractivity contribution in [2.24, 2.45) is 0 Å². The number of amides is 1. The van der Waals surface area contributed by atoms with Gasteiger partial charge in [-0.25, -0.2) is 9.67 Å². The minimum atomic E-state index is 0.0359. The number of nitrogens with one attached hydrogen (secondary N) is 1. The molecule has 7 heteroatoms. The Bertz CT molecular complexity index is 1050. The largest absolute Gasteiger partial charge is 0.366 e. The topological polar surface area (TPSA) is 66.3 Å². The van der Waals surface area contributed by atoms with Crippen LogP contribution in [0.1, 0.15) is 22.5 Å². The zero-order valence-electron chi connectivity index (χ0n) is 18.7. The van der Waals surface area contributed by atoms with Crippen molar-refractivity contribution in [3.63, 3.8) is 0 Å². The molecule has 2 aromatic heterocycles. The normalized spacial score (nSPS) is 14.6. The molecule has 0 atom stereocenters. The van der Waals surface area contributed by atoms with Crippen LogP contribution in [0, 0.1) is 27.7 Å². The van der Waals surface area contributed by atoms with Gasteiger partial charge in [-0.15, -0.1) is 0 Å². The fourth-order valence-corrected chi connectivity index (χ4v) is 4.37. The molecule has 0 unspecified atom stereocenters. The number of carbonyl (C=O) groups excluding carboxylic acids is 1. The summed E-state index contributed by atoms with van der Waals surface area (Å²) in [6.07, 6.45) is 1.79. The number of piperazine rings is 1. The maximum atomic E-state index is 12.5. The van der Waals surface area contributed by atoms with Crippen LogP contribution in [0.4, 0.5) is 11.4 Å². The highest BCUT2D eigenvalue weighted by atomic mass is 16.2. The molecule has 0 aliphatic carbocycles. The van der Waals surface area contributed by atoms with Crippen molar-refractivity contribution < 1.29 is 4.79 Å². The van der Waals surface area contributed by atoms with Gasteiger partial charge in [0.15, 0.2) is 5.82 Å². The zero-order chi connectivity index (χ0) is 22.0. The highest BCUT2D eigenvalue weighted by molar-refractivity contribution is 5.92. The highest BCUT2D eigenvalue weighted by Crippen LogP contribution is 2.27. The van der Waals surface area contributed by atoms with Gasteiger partial charge in [-0.2, -0.15) is 5.10 Å². The Morgan fingerprint density at radius 3 is 2.35 bits per heavy atom. The molecule has 0 saturated carbocycles. The molecule has 31 heavy (non-hydrogen) atoms. The van der Waals surface area contributed by atoms with E-state index in [-0.39, 0.29) is 5.91 Å². The van der Waals surface area contributed by atoms with E-state index in [1.54, 1.807) is 6.20 Å². The fourth-order valence-electron chi connectivity index (χ4n) is 4.37. The van der Waals surface area contributed by atoms with Crippen LogP contribution < -0.4 is 10.2 Å². The van der Waals surface area contributed by atoms with Gasteiger partial charge in [0.05, 0.1) is 23.6 Å². The van der Waals surface area contributed by atoms with Gasteiger partial charge in [0, 0.05) is 38.1 Å². The van der Waals surface area contributed by atoms with Gasteiger partial charge in [-0.05, 0) is 63.1 Å². The van der Waals surface area contributed by atoms with Gasteiger partial charge in [0.2, 0.25) is 5.91 Å². The van der Waals surface area contributed by atoms with Crippen molar-refractivity contribution in [1.82, 2.24) is 19.7 Å². The fraction of sp³-hybridized carbons (Fsp3) is 0.375. The second-order valence-corrected chi connectivity index (χ2v) is 8.31. The average molecular weight is 419 g/mol. The van der Waals surface area contributed by atoms with Gasteiger partial charge in [0.1, 0.15) is 0 Å². The summed E-state index contributed by atoms with van der Waals surface area (Å²) in [5, 5.41) is 7.76. The third kappa shape index (κ3) is 4.77. The Morgan fingerprint density at radius 1 is 1.00 bits per heavy atom. The van der Waals surface area contributed by atoms with E-state index in [9.17, 15) is 4.79 Å². The SMILES string of the molecule is Cc1cc(C)cc(NC(=O)CN2CCN(c3c(C)nn(-c4ccccn4)c3C)CC2)c1. The van der Waals surface area contributed by atoms with E-state index in [1.807, 2.05) is 55.8 Å². The lowest BCUT2D eigenvalue weighted by Crippen LogP contribution is -2.49. The molecular weight excluding hydrogens is 388 g/mol. The summed E-state index contributed by atoms with van der Waals surface area (Å²) < 4.78 is 1.91. The van der Waals surface area contributed by atoms with E-state index in [2.05, 4.69) is 33.1 Å². The van der Waals surface area contributed by atoms with Crippen molar-refractivity contribution in [3.05, 3.63) is 65.1 Å². The Kier molecular flexibility index (Phi) is 6.04. The second kappa shape index (κ2) is 8.89. The average Bonchev–Trinajstić information content (AvgIpc) is 3.02. The smallest absolute Gasteiger partial charge is 0.238 e. The molecular formula is C24H30N6O. The summed E-state index contributed by atoms with van der Waals surface area (Å²) in [7, 11) is 0. The molecule has 3 aromatic rings. The van der Waals surface area contributed by atoms with E-state index in [4.69, 9.17) is 5.10 Å². The Labute approximate surface area is 183 Å². The molecule has 0 radical (unpaired) electrons. The van der Waals surface area contributed by atoms with Crippen molar-refractivity contribution >= 4 is 17.3 Å². The predicted molar refractivity (Wildman–Crippen MR) is 124 cm³/mol. The Hall–Kier alpha value is -3.19. The van der Waals surface area contributed by atoms with Gasteiger partial charge >= 0.3 is 0 Å². The summed E-state index contributed by atoms with van der Waals surface area (Å²) in [6, 6.07) is 12.0. The molecule has 7 nitrogen and oxygen atoms in total. The van der Waals surface area contributed by atoms with Crippen LogP contribution in [0.2, 0.25) is 0 Å². The number of pyridine rings is 1. The standard InChI is InChI=1S/C24H30N6O/c1-17-13-18(2)15-21(14-17)26-23(31)16-28-9-11-29(12-10-28)24-19(3)27-30(20(24)4)22-7-5-6-8-25-22/h5-8,13-15H,9-12,16H2,1-4H3,(H,26,31). The van der Waals surface area contributed by atoms with E-state index in [1.165, 1.54) is 5.69 Å². The molecule has 4 rings (SSSR count).